The Morgan fingerprint density at radius 2 is 2.00 bits per heavy atom. The second-order valence-electron chi connectivity index (χ2n) is 6.39. The number of nitrogens with one attached hydrogen (secondary N) is 1. The summed E-state index contributed by atoms with van der Waals surface area (Å²) in [5.74, 6) is 0.811. The van der Waals surface area contributed by atoms with Gasteiger partial charge in [-0.3, -0.25) is 14.8 Å². The lowest BCUT2D eigenvalue weighted by molar-refractivity contribution is -0.384. The third-order valence-electron chi connectivity index (χ3n) is 4.26. The highest BCUT2D eigenvalue weighted by Gasteiger charge is 2.23. The number of fused-ring (bicyclic) bond motifs is 1. The van der Waals surface area contributed by atoms with Crippen molar-refractivity contribution < 1.29 is 18.1 Å². The number of nitrogens with zero attached hydrogens (tertiary/aromatic N) is 4. The fourth-order valence-electron chi connectivity index (χ4n) is 2.82. The molecule has 0 unspecified atom stereocenters. The molecule has 10 nitrogen and oxygen atoms in total. The lowest BCUT2D eigenvalue weighted by Crippen LogP contribution is -2.16. The van der Waals surface area contributed by atoms with E-state index in [9.17, 15) is 18.5 Å². The van der Waals surface area contributed by atoms with Crippen molar-refractivity contribution in [3.05, 3.63) is 63.3 Å². The minimum absolute atomic E-state index is 0.140. The molecule has 0 aliphatic rings. The van der Waals surface area contributed by atoms with Gasteiger partial charge in [0.05, 0.1) is 32.8 Å². The Hall–Kier alpha value is -3.22. The van der Waals surface area contributed by atoms with E-state index in [1.165, 1.54) is 28.2 Å². The van der Waals surface area contributed by atoms with Crippen molar-refractivity contribution >= 4 is 54.7 Å². The monoisotopic (exact) mass is 479 g/mol. The number of nitro benzene ring substituents is 1. The highest BCUT2D eigenvalue weighted by molar-refractivity contribution is 7.92. The van der Waals surface area contributed by atoms with E-state index in [0.717, 1.165) is 16.8 Å². The van der Waals surface area contributed by atoms with Gasteiger partial charge >= 0.3 is 0 Å². The normalized spacial score (nSPS) is 11.6. The first-order valence-corrected chi connectivity index (χ1v) is 11.3. The van der Waals surface area contributed by atoms with Gasteiger partial charge in [-0.05, 0) is 37.3 Å². The minimum Gasteiger partial charge on any atom is -0.497 e. The van der Waals surface area contributed by atoms with Gasteiger partial charge in [0.15, 0.2) is 0 Å². The molecule has 1 N–H and O–H groups in total. The maximum absolute atomic E-state index is 12.9. The van der Waals surface area contributed by atoms with Gasteiger partial charge in [-0.15, -0.1) is 0 Å². The predicted octanol–water partition coefficient (Wildman–Crippen LogP) is 4.16. The van der Waals surface area contributed by atoms with Crippen LogP contribution < -0.4 is 9.46 Å². The van der Waals surface area contributed by atoms with Crippen LogP contribution in [0.15, 0.2) is 47.4 Å². The fourth-order valence-corrected chi connectivity index (χ4v) is 5.02. The topological polar surface area (TPSA) is 129 Å². The van der Waals surface area contributed by atoms with Crippen LogP contribution in [0, 0.1) is 17.0 Å². The third-order valence-corrected chi connectivity index (χ3v) is 6.93. The Morgan fingerprint density at radius 3 is 2.71 bits per heavy atom. The van der Waals surface area contributed by atoms with Crippen LogP contribution in [-0.2, 0) is 10.0 Å². The molecule has 0 saturated heterocycles. The lowest BCUT2D eigenvalue weighted by Gasteiger charge is -2.09. The predicted molar refractivity (Wildman–Crippen MR) is 117 cm³/mol. The van der Waals surface area contributed by atoms with Crippen LogP contribution in [0.5, 0.6) is 5.75 Å². The first-order chi connectivity index (χ1) is 14.7. The largest absolute Gasteiger partial charge is 0.497 e. The number of aryl methyl sites for hydroxylation is 1. The van der Waals surface area contributed by atoms with E-state index >= 15 is 0 Å². The summed E-state index contributed by atoms with van der Waals surface area (Å²) in [5, 5.41) is 15.7. The Kier molecular flexibility index (Phi) is 5.29. The number of benzene rings is 2. The average Bonchev–Trinajstić information content (AvgIpc) is 3.29. The molecule has 13 heteroatoms. The Morgan fingerprint density at radius 1 is 1.23 bits per heavy atom. The van der Waals surface area contributed by atoms with Crippen molar-refractivity contribution in [2.45, 2.75) is 11.8 Å². The molecule has 2 aromatic heterocycles. The molecular formula is C18H14ClN5O5S2. The zero-order valence-electron chi connectivity index (χ0n) is 16.1. The molecule has 0 spiro atoms. The summed E-state index contributed by atoms with van der Waals surface area (Å²) in [4.78, 5) is 14.6. The molecule has 0 aliphatic carbocycles. The lowest BCUT2D eigenvalue weighted by atomic mass is 10.3. The number of aromatic nitrogens is 3. The number of thiazole rings is 1. The second-order valence-corrected chi connectivity index (χ2v) is 9.49. The van der Waals surface area contributed by atoms with Crippen molar-refractivity contribution in [3.8, 4) is 10.9 Å². The molecule has 0 saturated carbocycles. The van der Waals surface area contributed by atoms with E-state index in [2.05, 4.69) is 14.8 Å². The minimum atomic E-state index is -4.16. The van der Waals surface area contributed by atoms with Crippen LogP contribution in [-0.4, -0.2) is 35.2 Å². The Balaban J connectivity index is 1.74. The van der Waals surface area contributed by atoms with E-state index in [1.807, 2.05) is 6.07 Å². The molecule has 160 valence electrons. The number of rotatable bonds is 6. The van der Waals surface area contributed by atoms with Gasteiger partial charge in [-0.1, -0.05) is 22.9 Å². The summed E-state index contributed by atoms with van der Waals surface area (Å²) >= 11 is 7.09. The summed E-state index contributed by atoms with van der Waals surface area (Å²) in [6.07, 6.45) is 0. The van der Waals surface area contributed by atoms with Crippen molar-refractivity contribution in [1.29, 1.82) is 0 Å². The first kappa shape index (κ1) is 21.0. The zero-order chi connectivity index (χ0) is 22.3. The summed E-state index contributed by atoms with van der Waals surface area (Å²) in [6.45, 7) is 1.71. The summed E-state index contributed by atoms with van der Waals surface area (Å²) < 4.78 is 35.6. The van der Waals surface area contributed by atoms with E-state index in [4.69, 9.17) is 16.3 Å². The quantitative estimate of drug-likeness (QED) is 0.324. The van der Waals surface area contributed by atoms with Crippen LogP contribution in [0.25, 0.3) is 15.3 Å². The SMILES string of the molecule is COc1ccc2nc(-n3nc(C)cc3NS(=O)(=O)c3ccc(Cl)c([N+](=O)[O-])c3)sc2c1. The Bertz CT molecular complexity index is 1430. The van der Waals surface area contributed by atoms with Crippen LogP contribution in [0.4, 0.5) is 11.5 Å². The summed E-state index contributed by atoms with van der Waals surface area (Å²) in [7, 11) is -2.60. The van der Waals surface area contributed by atoms with Crippen LogP contribution >= 0.6 is 22.9 Å². The van der Waals surface area contributed by atoms with Crippen LogP contribution in [0.3, 0.4) is 0 Å². The summed E-state index contributed by atoms with van der Waals surface area (Å²) in [6, 6.07) is 10.2. The molecule has 0 aliphatic heterocycles. The molecule has 31 heavy (non-hydrogen) atoms. The summed E-state index contributed by atoms with van der Waals surface area (Å²) in [5.41, 5.74) is 0.752. The van der Waals surface area contributed by atoms with Gasteiger partial charge in [0, 0.05) is 12.1 Å². The molecule has 0 bridgehead atoms. The van der Waals surface area contributed by atoms with E-state index in [0.29, 0.717) is 22.1 Å². The van der Waals surface area contributed by atoms with Gasteiger partial charge in [0.2, 0.25) is 5.13 Å². The first-order valence-electron chi connectivity index (χ1n) is 8.66. The number of halogens is 1. The van der Waals surface area contributed by atoms with Crippen molar-refractivity contribution in [2.75, 3.05) is 11.8 Å². The van der Waals surface area contributed by atoms with Gasteiger partial charge < -0.3 is 4.74 Å². The van der Waals surface area contributed by atoms with Gasteiger partial charge in [-0.2, -0.15) is 9.78 Å². The highest BCUT2D eigenvalue weighted by atomic mass is 35.5. The highest BCUT2D eigenvalue weighted by Crippen LogP contribution is 2.31. The van der Waals surface area contributed by atoms with Gasteiger partial charge in [0.1, 0.15) is 16.6 Å². The molecule has 2 aromatic carbocycles. The standard InChI is InChI=1S/C18H14ClN5O5S2/c1-10-7-17(22-31(27,28)12-4-5-13(19)15(9-12)24(25)26)23(21-10)18-20-14-6-3-11(29-2)8-16(14)30-18/h3-9,22H,1-2H3. The number of methoxy groups -OCH3 is 1. The maximum Gasteiger partial charge on any atom is 0.289 e. The molecule has 0 radical (unpaired) electrons. The maximum atomic E-state index is 12.9. The molecule has 4 aromatic rings. The number of ether oxygens (including phenoxy) is 1. The Labute approximate surface area is 185 Å². The van der Waals surface area contributed by atoms with Crippen LogP contribution in [0.1, 0.15) is 5.69 Å². The molecular weight excluding hydrogens is 466 g/mol. The number of nitro groups is 1. The molecule has 0 atom stereocenters. The molecule has 2 heterocycles. The number of hydrogen-bond acceptors (Lipinski definition) is 8. The zero-order valence-corrected chi connectivity index (χ0v) is 18.5. The number of anilines is 1. The van der Waals surface area contributed by atoms with Crippen molar-refractivity contribution in [2.24, 2.45) is 0 Å². The van der Waals surface area contributed by atoms with Crippen molar-refractivity contribution in [3.63, 3.8) is 0 Å². The smallest absolute Gasteiger partial charge is 0.289 e. The molecule has 0 amide bonds. The second kappa shape index (κ2) is 7.80. The van der Waals surface area contributed by atoms with E-state index in [-0.39, 0.29) is 15.7 Å². The fraction of sp³-hybridized carbons (Fsp3) is 0.111. The van der Waals surface area contributed by atoms with E-state index in [1.54, 1.807) is 26.2 Å². The molecule has 0 fully saturated rings. The average molecular weight is 480 g/mol. The van der Waals surface area contributed by atoms with Crippen molar-refractivity contribution in [1.82, 2.24) is 14.8 Å². The van der Waals surface area contributed by atoms with E-state index < -0.39 is 20.6 Å². The van der Waals surface area contributed by atoms with Gasteiger partial charge in [0.25, 0.3) is 15.7 Å². The van der Waals surface area contributed by atoms with Crippen LogP contribution in [0.2, 0.25) is 5.02 Å². The van der Waals surface area contributed by atoms with Gasteiger partial charge in [-0.25, -0.2) is 13.4 Å². The number of sulfonamides is 1. The third kappa shape index (κ3) is 4.04. The number of hydrogen-bond donors (Lipinski definition) is 1. The molecule has 4 rings (SSSR count).